The highest BCUT2D eigenvalue weighted by molar-refractivity contribution is 5.88. The van der Waals surface area contributed by atoms with Crippen LogP contribution in [-0.2, 0) is 24.1 Å². The van der Waals surface area contributed by atoms with Crippen molar-refractivity contribution in [2.45, 2.75) is 44.6 Å². The third-order valence-electron chi connectivity index (χ3n) is 4.98. The molecule has 2 aliphatic carbocycles. The summed E-state index contributed by atoms with van der Waals surface area (Å²) >= 11 is 0. The Kier molecular flexibility index (Phi) is 4.64. The van der Waals surface area contributed by atoms with Gasteiger partial charge in [-0.2, -0.15) is 0 Å². The lowest BCUT2D eigenvalue weighted by Gasteiger charge is -2.11. The fourth-order valence-electron chi connectivity index (χ4n) is 3.44. The molecule has 23 heavy (non-hydrogen) atoms. The number of halogens is 1. The third-order valence-corrected chi connectivity index (χ3v) is 4.98. The first kappa shape index (κ1) is 16.3. The van der Waals surface area contributed by atoms with Gasteiger partial charge < -0.3 is 15.5 Å². The molecule has 1 aromatic carbocycles. The Morgan fingerprint density at radius 1 is 1.30 bits per heavy atom. The van der Waals surface area contributed by atoms with Gasteiger partial charge in [-0.1, -0.05) is 0 Å². The second-order valence-electron chi connectivity index (χ2n) is 6.71. The summed E-state index contributed by atoms with van der Waals surface area (Å²) in [5.41, 5.74) is 10.7. The second-order valence-corrected chi connectivity index (χ2v) is 6.71. The SMILES string of the molecule is Cl.NC(CNC(=O)Cc1coc2cc3c(cc12)CCC3)C1CC1. The summed E-state index contributed by atoms with van der Waals surface area (Å²) in [7, 11) is 0. The van der Waals surface area contributed by atoms with Crippen molar-refractivity contribution in [3.63, 3.8) is 0 Å². The molecule has 2 aromatic rings. The number of carbonyl (C=O) groups excluding carboxylic acids is 1. The molecule has 1 unspecified atom stereocenters. The number of hydrogen-bond acceptors (Lipinski definition) is 3. The summed E-state index contributed by atoms with van der Waals surface area (Å²) in [5, 5.41) is 4.04. The topological polar surface area (TPSA) is 68.3 Å². The summed E-state index contributed by atoms with van der Waals surface area (Å²) in [5.74, 6) is 0.636. The predicted octanol–water partition coefficient (Wildman–Crippen LogP) is 2.74. The van der Waals surface area contributed by atoms with Crippen LogP contribution in [0.1, 0.15) is 36.0 Å². The van der Waals surface area contributed by atoms with E-state index >= 15 is 0 Å². The minimum Gasteiger partial charge on any atom is -0.464 e. The zero-order valence-corrected chi connectivity index (χ0v) is 14.0. The maximum Gasteiger partial charge on any atom is 0.224 e. The summed E-state index contributed by atoms with van der Waals surface area (Å²) in [6.07, 6.45) is 7.99. The number of nitrogens with one attached hydrogen (secondary N) is 1. The van der Waals surface area contributed by atoms with Crippen LogP contribution < -0.4 is 11.1 Å². The number of carbonyl (C=O) groups is 1. The van der Waals surface area contributed by atoms with E-state index in [0.29, 0.717) is 18.9 Å². The summed E-state index contributed by atoms with van der Waals surface area (Å²) in [4.78, 5) is 12.1. The van der Waals surface area contributed by atoms with Crippen molar-refractivity contribution in [2.75, 3.05) is 6.54 Å². The van der Waals surface area contributed by atoms with Crippen LogP contribution in [-0.4, -0.2) is 18.5 Å². The number of benzene rings is 1. The molecule has 1 saturated carbocycles. The van der Waals surface area contributed by atoms with Crippen LogP contribution in [0.5, 0.6) is 0 Å². The number of hydrogen-bond donors (Lipinski definition) is 2. The van der Waals surface area contributed by atoms with Gasteiger partial charge in [0.15, 0.2) is 0 Å². The van der Waals surface area contributed by atoms with E-state index in [9.17, 15) is 4.79 Å². The number of aryl methyl sites for hydroxylation is 2. The fraction of sp³-hybridized carbons (Fsp3) is 0.500. The third kappa shape index (κ3) is 3.38. The van der Waals surface area contributed by atoms with Crippen LogP contribution in [0.3, 0.4) is 0 Å². The molecule has 5 heteroatoms. The van der Waals surface area contributed by atoms with Gasteiger partial charge in [-0.25, -0.2) is 0 Å². The minimum absolute atomic E-state index is 0. The molecule has 2 aliphatic rings. The van der Waals surface area contributed by atoms with Gasteiger partial charge in [-0.3, -0.25) is 4.79 Å². The molecule has 1 fully saturated rings. The molecule has 0 spiro atoms. The van der Waals surface area contributed by atoms with Crippen LogP contribution in [0.25, 0.3) is 11.0 Å². The Morgan fingerprint density at radius 3 is 2.78 bits per heavy atom. The van der Waals surface area contributed by atoms with Crippen molar-refractivity contribution in [1.82, 2.24) is 5.32 Å². The molecule has 0 aliphatic heterocycles. The average Bonchev–Trinajstić information content (AvgIpc) is 3.16. The van der Waals surface area contributed by atoms with Crippen LogP contribution >= 0.6 is 12.4 Å². The molecule has 1 atom stereocenters. The van der Waals surface area contributed by atoms with Gasteiger partial charge in [0.1, 0.15) is 5.58 Å². The van der Waals surface area contributed by atoms with Crippen LogP contribution in [0, 0.1) is 5.92 Å². The molecule has 4 rings (SSSR count). The van der Waals surface area contributed by atoms with Crippen molar-refractivity contribution in [3.8, 4) is 0 Å². The fourth-order valence-corrected chi connectivity index (χ4v) is 3.44. The standard InChI is InChI=1S/C18H22N2O2.ClH/c19-16(11-4-5-11)9-20-18(21)8-14-10-22-17-7-13-3-1-2-12(13)6-15(14)17;/h6-7,10-11,16H,1-5,8-9,19H2,(H,20,21);1H. The first-order chi connectivity index (χ1) is 10.7. The van der Waals surface area contributed by atoms with E-state index in [1.807, 2.05) is 0 Å². The zero-order valence-electron chi connectivity index (χ0n) is 13.1. The largest absolute Gasteiger partial charge is 0.464 e. The van der Waals surface area contributed by atoms with Gasteiger partial charge >= 0.3 is 0 Å². The molecule has 0 bridgehead atoms. The van der Waals surface area contributed by atoms with E-state index in [1.165, 1.54) is 30.4 Å². The van der Waals surface area contributed by atoms with Crippen molar-refractivity contribution in [3.05, 3.63) is 35.1 Å². The molecule has 3 N–H and O–H groups in total. The number of nitrogens with two attached hydrogens (primary N) is 1. The van der Waals surface area contributed by atoms with E-state index in [1.54, 1.807) is 6.26 Å². The highest BCUT2D eigenvalue weighted by atomic mass is 35.5. The molecule has 1 heterocycles. The Hall–Kier alpha value is -1.52. The number of furan rings is 1. The molecular weight excluding hydrogens is 312 g/mol. The van der Waals surface area contributed by atoms with Gasteiger partial charge in [0.2, 0.25) is 5.91 Å². The minimum atomic E-state index is 0. The van der Waals surface area contributed by atoms with E-state index in [2.05, 4.69) is 17.4 Å². The van der Waals surface area contributed by atoms with Crippen molar-refractivity contribution in [2.24, 2.45) is 11.7 Å². The Labute approximate surface area is 142 Å². The molecule has 1 amide bonds. The van der Waals surface area contributed by atoms with E-state index in [0.717, 1.165) is 29.4 Å². The summed E-state index contributed by atoms with van der Waals surface area (Å²) in [6.45, 7) is 0.578. The summed E-state index contributed by atoms with van der Waals surface area (Å²) < 4.78 is 5.64. The molecule has 124 valence electrons. The van der Waals surface area contributed by atoms with Crippen molar-refractivity contribution < 1.29 is 9.21 Å². The van der Waals surface area contributed by atoms with Crippen LogP contribution in [0.15, 0.2) is 22.8 Å². The maximum absolute atomic E-state index is 12.1. The van der Waals surface area contributed by atoms with E-state index < -0.39 is 0 Å². The first-order valence-corrected chi connectivity index (χ1v) is 8.25. The highest BCUT2D eigenvalue weighted by Crippen LogP contribution is 2.31. The Bertz CT molecular complexity index is 721. The average molecular weight is 335 g/mol. The lowest BCUT2D eigenvalue weighted by molar-refractivity contribution is -0.120. The lowest BCUT2D eigenvalue weighted by atomic mass is 10.0. The predicted molar refractivity (Wildman–Crippen MR) is 92.9 cm³/mol. The van der Waals surface area contributed by atoms with E-state index in [-0.39, 0.29) is 24.4 Å². The monoisotopic (exact) mass is 334 g/mol. The summed E-state index contributed by atoms with van der Waals surface area (Å²) in [6, 6.07) is 4.45. The van der Waals surface area contributed by atoms with Gasteiger partial charge in [0, 0.05) is 23.5 Å². The molecule has 1 aromatic heterocycles. The van der Waals surface area contributed by atoms with Gasteiger partial charge in [-0.05, 0) is 61.3 Å². The zero-order chi connectivity index (χ0) is 15.1. The lowest BCUT2D eigenvalue weighted by Crippen LogP contribution is -2.39. The van der Waals surface area contributed by atoms with Crippen LogP contribution in [0.4, 0.5) is 0 Å². The number of fused-ring (bicyclic) bond motifs is 2. The van der Waals surface area contributed by atoms with E-state index in [4.69, 9.17) is 10.2 Å². The molecular formula is C18H23ClN2O2. The number of amides is 1. The van der Waals surface area contributed by atoms with Crippen molar-refractivity contribution in [1.29, 1.82) is 0 Å². The molecule has 0 radical (unpaired) electrons. The van der Waals surface area contributed by atoms with Gasteiger partial charge in [0.05, 0.1) is 12.7 Å². The second kappa shape index (κ2) is 6.54. The van der Waals surface area contributed by atoms with Gasteiger partial charge in [-0.15, -0.1) is 12.4 Å². The van der Waals surface area contributed by atoms with Crippen molar-refractivity contribution >= 4 is 29.3 Å². The van der Waals surface area contributed by atoms with Crippen LogP contribution in [0.2, 0.25) is 0 Å². The van der Waals surface area contributed by atoms with Gasteiger partial charge in [0.25, 0.3) is 0 Å². The Morgan fingerprint density at radius 2 is 2.04 bits per heavy atom. The normalized spacial score (nSPS) is 17.6. The quantitative estimate of drug-likeness (QED) is 0.883. The number of rotatable bonds is 5. The molecule has 4 nitrogen and oxygen atoms in total. The highest BCUT2D eigenvalue weighted by Gasteiger charge is 2.28. The maximum atomic E-state index is 12.1. The first-order valence-electron chi connectivity index (χ1n) is 8.25. The Balaban J connectivity index is 0.00000156. The molecule has 0 saturated heterocycles. The smallest absolute Gasteiger partial charge is 0.224 e.